The van der Waals surface area contributed by atoms with Crippen LogP contribution in [0.2, 0.25) is 0 Å². The SMILES string of the molecule is Cc1ccccc1NC(=O)COc1c(Br)cc(Br)cc1/C=N/NC(=O)c1cccc([N+](=O)[O-])c1. The molecule has 0 aliphatic carbocycles. The summed E-state index contributed by atoms with van der Waals surface area (Å²) in [4.78, 5) is 35.0. The quantitative estimate of drug-likeness (QED) is 0.212. The fraction of sp³-hybridized carbons (Fsp3) is 0.0870. The molecule has 0 aliphatic heterocycles. The number of aryl methyl sites for hydroxylation is 1. The normalized spacial score (nSPS) is 10.7. The van der Waals surface area contributed by atoms with Crippen LogP contribution < -0.4 is 15.5 Å². The highest BCUT2D eigenvalue weighted by Crippen LogP contribution is 2.32. The van der Waals surface area contributed by atoms with Crippen molar-refractivity contribution in [2.75, 3.05) is 11.9 Å². The van der Waals surface area contributed by atoms with Crippen LogP contribution in [0.15, 0.2) is 74.7 Å². The first kappa shape index (κ1) is 25.1. The number of benzene rings is 3. The summed E-state index contributed by atoms with van der Waals surface area (Å²) in [5.74, 6) is -0.614. The largest absolute Gasteiger partial charge is 0.482 e. The second-order valence-corrected chi connectivity index (χ2v) is 8.73. The molecule has 0 heterocycles. The summed E-state index contributed by atoms with van der Waals surface area (Å²) in [5, 5.41) is 17.6. The zero-order chi connectivity index (χ0) is 24.7. The molecule has 0 saturated carbocycles. The Hall–Kier alpha value is -3.57. The van der Waals surface area contributed by atoms with Gasteiger partial charge in [0, 0.05) is 33.4 Å². The number of para-hydroxylation sites is 1. The number of amides is 2. The topological polar surface area (TPSA) is 123 Å². The third-order valence-electron chi connectivity index (χ3n) is 4.49. The maximum atomic E-state index is 12.4. The lowest BCUT2D eigenvalue weighted by molar-refractivity contribution is -0.384. The van der Waals surface area contributed by atoms with Crippen molar-refractivity contribution >= 4 is 61.3 Å². The molecule has 0 atom stereocenters. The number of non-ortho nitro benzene ring substituents is 1. The van der Waals surface area contributed by atoms with Crippen molar-refractivity contribution in [1.82, 2.24) is 5.43 Å². The van der Waals surface area contributed by atoms with Crippen LogP contribution in [-0.2, 0) is 4.79 Å². The first-order valence-corrected chi connectivity index (χ1v) is 11.4. The Labute approximate surface area is 211 Å². The molecule has 9 nitrogen and oxygen atoms in total. The zero-order valence-corrected chi connectivity index (χ0v) is 20.9. The van der Waals surface area contributed by atoms with Gasteiger partial charge in [0.05, 0.1) is 15.6 Å². The molecule has 0 bridgehead atoms. The van der Waals surface area contributed by atoms with Gasteiger partial charge in [0.15, 0.2) is 6.61 Å². The minimum atomic E-state index is -0.617. The van der Waals surface area contributed by atoms with E-state index in [-0.39, 0.29) is 23.8 Å². The molecular weight excluding hydrogens is 572 g/mol. The number of nitro benzene ring substituents is 1. The van der Waals surface area contributed by atoms with Gasteiger partial charge in [0.2, 0.25) is 0 Å². The van der Waals surface area contributed by atoms with Crippen LogP contribution in [0.4, 0.5) is 11.4 Å². The maximum absolute atomic E-state index is 12.4. The fourth-order valence-electron chi connectivity index (χ4n) is 2.85. The van der Waals surface area contributed by atoms with Crippen LogP contribution in [0.3, 0.4) is 0 Å². The number of halogens is 2. The first-order valence-electron chi connectivity index (χ1n) is 9.80. The van der Waals surface area contributed by atoms with Gasteiger partial charge in [0.25, 0.3) is 17.5 Å². The zero-order valence-electron chi connectivity index (χ0n) is 17.7. The molecular formula is C23H18Br2N4O5. The van der Waals surface area contributed by atoms with Gasteiger partial charge in [0.1, 0.15) is 5.75 Å². The summed E-state index contributed by atoms with van der Waals surface area (Å²) in [6.07, 6.45) is 1.35. The third-order valence-corrected chi connectivity index (χ3v) is 5.54. The van der Waals surface area contributed by atoms with Crippen molar-refractivity contribution in [3.63, 3.8) is 0 Å². The average molecular weight is 590 g/mol. The third kappa shape index (κ3) is 6.72. The summed E-state index contributed by atoms with van der Waals surface area (Å²) >= 11 is 6.79. The van der Waals surface area contributed by atoms with Gasteiger partial charge >= 0.3 is 0 Å². The summed E-state index contributed by atoms with van der Waals surface area (Å²) in [6, 6.07) is 16.1. The molecule has 0 aliphatic rings. The number of nitrogens with zero attached hydrogens (tertiary/aromatic N) is 2. The van der Waals surface area contributed by atoms with Crippen molar-refractivity contribution in [2.45, 2.75) is 6.92 Å². The van der Waals surface area contributed by atoms with Gasteiger partial charge in [-0.3, -0.25) is 19.7 Å². The second kappa shape index (κ2) is 11.5. The molecule has 34 heavy (non-hydrogen) atoms. The van der Waals surface area contributed by atoms with Gasteiger partial charge in [-0.1, -0.05) is 40.2 Å². The van der Waals surface area contributed by atoms with Crippen molar-refractivity contribution in [3.8, 4) is 5.75 Å². The Bertz CT molecular complexity index is 1280. The van der Waals surface area contributed by atoms with E-state index in [9.17, 15) is 19.7 Å². The van der Waals surface area contributed by atoms with E-state index in [0.717, 1.165) is 11.6 Å². The predicted octanol–water partition coefficient (Wildman–Crippen LogP) is 5.21. The number of hydrogen-bond acceptors (Lipinski definition) is 6. The van der Waals surface area contributed by atoms with Crippen molar-refractivity contribution in [3.05, 3.63) is 96.4 Å². The van der Waals surface area contributed by atoms with Gasteiger partial charge in [-0.25, -0.2) is 5.43 Å². The number of carbonyl (C=O) groups excluding carboxylic acids is 2. The van der Waals surface area contributed by atoms with Crippen LogP contribution >= 0.6 is 31.9 Å². The number of nitrogens with one attached hydrogen (secondary N) is 2. The van der Waals surface area contributed by atoms with Crippen molar-refractivity contribution in [2.24, 2.45) is 5.10 Å². The number of nitro groups is 1. The summed E-state index contributed by atoms with van der Waals surface area (Å²) in [6.45, 7) is 1.63. The Morgan fingerprint density at radius 2 is 1.88 bits per heavy atom. The molecule has 3 rings (SSSR count). The predicted molar refractivity (Wildman–Crippen MR) is 135 cm³/mol. The van der Waals surface area contributed by atoms with Crippen LogP contribution in [0, 0.1) is 17.0 Å². The lowest BCUT2D eigenvalue weighted by Crippen LogP contribution is -2.21. The smallest absolute Gasteiger partial charge is 0.271 e. The van der Waals surface area contributed by atoms with Gasteiger partial charge in [-0.05, 0) is 52.7 Å². The number of anilines is 1. The molecule has 0 fully saturated rings. The van der Waals surface area contributed by atoms with E-state index in [2.05, 4.69) is 47.7 Å². The minimum Gasteiger partial charge on any atom is -0.482 e. The van der Waals surface area contributed by atoms with E-state index in [1.807, 2.05) is 25.1 Å². The Morgan fingerprint density at radius 1 is 1.12 bits per heavy atom. The van der Waals surface area contributed by atoms with Gasteiger partial charge in [-0.2, -0.15) is 5.10 Å². The molecule has 0 radical (unpaired) electrons. The van der Waals surface area contributed by atoms with Crippen molar-refractivity contribution < 1.29 is 19.2 Å². The van der Waals surface area contributed by atoms with Crippen LogP contribution in [0.25, 0.3) is 0 Å². The van der Waals surface area contributed by atoms with Crippen LogP contribution in [0.1, 0.15) is 21.5 Å². The molecule has 0 saturated heterocycles. The Balaban J connectivity index is 1.70. The maximum Gasteiger partial charge on any atom is 0.271 e. The lowest BCUT2D eigenvalue weighted by Gasteiger charge is -2.13. The van der Waals surface area contributed by atoms with E-state index >= 15 is 0 Å². The fourth-order valence-corrected chi connectivity index (χ4v) is 4.22. The monoisotopic (exact) mass is 588 g/mol. The minimum absolute atomic E-state index is 0.0890. The summed E-state index contributed by atoms with van der Waals surface area (Å²) < 4.78 is 7.00. The number of ether oxygens (including phenoxy) is 1. The average Bonchev–Trinajstić information content (AvgIpc) is 2.80. The van der Waals surface area contributed by atoms with Crippen LogP contribution in [0.5, 0.6) is 5.75 Å². The summed E-state index contributed by atoms with van der Waals surface area (Å²) in [7, 11) is 0. The van der Waals surface area contributed by atoms with Crippen molar-refractivity contribution in [1.29, 1.82) is 0 Å². The van der Waals surface area contributed by atoms with Gasteiger partial charge in [-0.15, -0.1) is 0 Å². The number of hydrazone groups is 1. The van der Waals surface area contributed by atoms with E-state index in [0.29, 0.717) is 25.9 Å². The highest BCUT2D eigenvalue weighted by atomic mass is 79.9. The number of rotatable bonds is 8. The highest BCUT2D eigenvalue weighted by molar-refractivity contribution is 9.11. The Morgan fingerprint density at radius 3 is 2.62 bits per heavy atom. The number of carbonyl (C=O) groups is 2. The molecule has 11 heteroatoms. The lowest BCUT2D eigenvalue weighted by atomic mass is 10.2. The first-order chi connectivity index (χ1) is 16.2. The van der Waals surface area contributed by atoms with E-state index in [1.165, 1.54) is 24.4 Å². The van der Waals surface area contributed by atoms with E-state index in [4.69, 9.17) is 4.74 Å². The molecule has 2 amide bonds. The Kier molecular flexibility index (Phi) is 8.50. The van der Waals surface area contributed by atoms with Gasteiger partial charge < -0.3 is 10.1 Å². The van der Waals surface area contributed by atoms with Crippen LogP contribution in [-0.4, -0.2) is 29.6 Å². The molecule has 0 aromatic heterocycles. The molecule has 0 unspecified atom stereocenters. The summed E-state index contributed by atoms with van der Waals surface area (Å²) in [5.41, 5.74) is 4.30. The van der Waals surface area contributed by atoms with E-state index in [1.54, 1.807) is 18.2 Å². The standard InChI is InChI=1S/C23H18Br2N4O5/c1-14-5-2-3-8-20(14)27-21(30)13-34-22-16(9-17(24)11-19(22)25)12-26-28-23(31)15-6-4-7-18(10-15)29(32)33/h2-12H,13H2,1H3,(H,27,30)(H,28,31)/b26-12+. The molecule has 3 aromatic carbocycles. The molecule has 0 spiro atoms. The highest BCUT2D eigenvalue weighted by Gasteiger charge is 2.13. The molecule has 174 valence electrons. The second-order valence-electron chi connectivity index (χ2n) is 6.96. The van der Waals surface area contributed by atoms with E-state index < -0.39 is 10.8 Å². The molecule has 3 aromatic rings. The number of hydrogen-bond donors (Lipinski definition) is 2. The molecule has 2 N–H and O–H groups in total.